The Labute approximate surface area is 163 Å². The molecule has 4 nitrogen and oxygen atoms in total. The van der Waals surface area contributed by atoms with Crippen LogP contribution in [0.1, 0.15) is 63.9 Å². The van der Waals surface area contributed by atoms with Crippen molar-refractivity contribution in [3.63, 3.8) is 0 Å². The summed E-state index contributed by atoms with van der Waals surface area (Å²) in [6, 6.07) is 13.9. The fraction of sp³-hybridized carbons (Fsp3) is 0.455. The van der Waals surface area contributed by atoms with Gasteiger partial charge in [0.25, 0.3) is 10.1 Å². The Hall–Kier alpha value is -1.85. The summed E-state index contributed by atoms with van der Waals surface area (Å²) in [6.45, 7) is 2.22. The van der Waals surface area contributed by atoms with Gasteiger partial charge < -0.3 is 4.74 Å². The Morgan fingerprint density at radius 2 is 1.48 bits per heavy atom. The molecule has 27 heavy (non-hydrogen) atoms. The van der Waals surface area contributed by atoms with Gasteiger partial charge in [-0.1, -0.05) is 76.1 Å². The van der Waals surface area contributed by atoms with Crippen LogP contribution >= 0.6 is 0 Å². The van der Waals surface area contributed by atoms with Crippen LogP contribution in [0.4, 0.5) is 0 Å². The van der Waals surface area contributed by atoms with Crippen LogP contribution in [-0.4, -0.2) is 13.0 Å². The van der Waals surface area contributed by atoms with E-state index in [1.807, 2.05) is 12.1 Å². The van der Waals surface area contributed by atoms with Crippen molar-refractivity contribution in [1.29, 1.82) is 0 Å². The van der Waals surface area contributed by atoms with Gasteiger partial charge in [-0.15, -0.1) is 0 Å². The molecule has 0 radical (unpaired) electrons. The van der Waals surface area contributed by atoms with E-state index in [1.165, 1.54) is 44.6 Å². The summed E-state index contributed by atoms with van der Waals surface area (Å²) in [4.78, 5) is -0.177. The number of hydrogen-bond donors (Lipinski definition) is 1. The van der Waals surface area contributed by atoms with Crippen molar-refractivity contribution < 1.29 is 17.7 Å². The van der Waals surface area contributed by atoms with Gasteiger partial charge in [0, 0.05) is 0 Å². The van der Waals surface area contributed by atoms with Crippen LogP contribution in [-0.2, 0) is 16.5 Å². The van der Waals surface area contributed by atoms with Crippen LogP contribution < -0.4 is 4.74 Å². The van der Waals surface area contributed by atoms with Crippen molar-refractivity contribution in [3.05, 3.63) is 54.1 Å². The average Bonchev–Trinajstić information content (AvgIpc) is 2.65. The minimum absolute atomic E-state index is 0.142. The third-order valence-electron chi connectivity index (χ3n) is 4.58. The summed E-state index contributed by atoms with van der Waals surface area (Å²) >= 11 is 0. The van der Waals surface area contributed by atoms with Gasteiger partial charge in [0.2, 0.25) is 0 Å². The fourth-order valence-electron chi connectivity index (χ4n) is 3.07. The second-order valence-corrected chi connectivity index (χ2v) is 8.29. The van der Waals surface area contributed by atoms with Gasteiger partial charge >= 0.3 is 0 Å². The van der Waals surface area contributed by atoms with E-state index in [4.69, 9.17) is 4.74 Å². The minimum atomic E-state index is -4.35. The van der Waals surface area contributed by atoms with E-state index in [0.717, 1.165) is 24.8 Å². The predicted molar refractivity (Wildman–Crippen MR) is 109 cm³/mol. The summed E-state index contributed by atoms with van der Waals surface area (Å²) in [7, 11) is -4.35. The predicted octanol–water partition coefficient (Wildman–Crippen LogP) is 6.41. The maximum absolute atomic E-state index is 11.8. The largest absolute Gasteiger partial charge is 0.456 e. The highest BCUT2D eigenvalue weighted by Crippen LogP contribution is 2.30. The first-order chi connectivity index (χ1) is 13.0. The molecule has 0 atom stereocenters. The molecule has 2 aromatic carbocycles. The van der Waals surface area contributed by atoms with Crippen LogP contribution in [0.2, 0.25) is 0 Å². The molecule has 0 heterocycles. The first kappa shape index (κ1) is 21.5. The molecule has 0 aliphatic heterocycles. The van der Waals surface area contributed by atoms with Gasteiger partial charge in [-0.05, 0) is 42.7 Å². The molecule has 0 fully saturated rings. The molecule has 0 saturated carbocycles. The molecule has 0 bridgehead atoms. The van der Waals surface area contributed by atoms with E-state index < -0.39 is 10.1 Å². The lowest BCUT2D eigenvalue weighted by Crippen LogP contribution is -2.02. The Morgan fingerprint density at radius 1 is 0.852 bits per heavy atom. The highest BCUT2D eigenvalue weighted by molar-refractivity contribution is 7.86. The van der Waals surface area contributed by atoms with E-state index in [9.17, 15) is 13.0 Å². The lowest BCUT2D eigenvalue weighted by atomic mass is 10.0. The van der Waals surface area contributed by atoms with Crippen molar-refractivity contribution in [3.8, 4) is 11.5 Å². The third-order valence-corrected chi connectivity index (χ3v) is 5.45. The summed E-state index contributed by atoms with van der Waals surface area (Å²) < 4.78 is 38.8. The maximum Gasteiger partial charge on any atom is 0.298 e. The zero-order chi connectivity index (χ0) is 19.5. The summed E-state index contributed by atoms with van der Waals surface area (Å²) in [6.07, 6.45) is 10.6. The zero-order valence-corrected chi connectivity index (χ0v) is 16.9. The van der Waals surface area contributed by atoms with Crippen LogP contribution in [0.5, 0.6) is 11.5 Å². The van der Waals surface area contributed by atoms with E-state index in [2.05, 4.69) is 6.92 Å². The van der Waals surface area contributed by atoms with Gasteiger partial charge in [0.05, 0.1) is 0 Å². The summed E-state index contributed by atoms with van der Waals surface area (Å²) in [5.74, 6) is 0.668. The normalized spacial score (nSPS) is 11.5. The SMILES string of the molecule is CCCCCCCCCCc1ccc(Oc2ccccc2)c(S(=O)(=O)O)c1. The van der Waals surface area contributed by atoms with Gasteiger partial charge in [0.1, 0.15) is 16.4 Å². The number of ether oxygens (including phenoxy) is 1. The van der Waals surface area contributed by atoms with E-state index in [-0.39, 0.29) is 10.6 Å². The number of rotatable bonds is 12. The van der Waals surface area contributed by atoms with E-state index >= 15 is 0 Å². The Kier molecular flexibility index (Phi) is 8.82. The molecule has 2 rings (SSSR count). The molecule has 1 N–H and O–H groups in total. The minimum Gasteiger partial charge on any atom is -0.456 e. The quantitative estimate of drug-likeness (QED) is 0.336. The second-order valence-electron chi connectivity index (χ2n) is 6.90. The molecule has 0 spiro atoms. The number of aryl methyl sites for hydroxylation is 1. The molecule has 0 aromatic heterocycles. The number of para-hydroxylation sites is 1. The van der Waals surface area contributed by atoms with Gasteiger partial charge in [-0.25, -0.2) is 0 Å². The first-order valence-electron chi connectivity index (χ1n) is 9.84. The van der Waals surface area contributed by atoms with Crippen LogP contribution in [0.25, 0.3) is 0 Å². The maximum atomic E-state index is 11.8. The Morgan fingerprint density at radius 3 is 2.11 bits per heavy atom. The van der Waals surface area contributed by atoms with Crippen molar-refractivity contribution >= 4 is 10.1 Å². The molecule has 0 aliphatic rings. The smallest absolute Gasteiger partial charge is 0.298 e. The third kappa shape index (κ3) is 7.73. The van der Waals surface area contributed by atoms with Crippen molar-refractivity contribution in [2.45, 2.75) is 69.6 Å². The monoisotopic (exact) mass is 390 g/mol. The fourth-order valence-corrected chi connectivity index (χ4v) is 3.74. The van der Waals surface area contributed by atoms with Crippen molar-refractivity contribution in [2.75, 3.05) is 0 Å². The van der Waals surface area contributed by atoms with Crippen molar-refractivity contribution in [1.82, 2.24) is 0 Å². The lowest BCUT2D eigenvalue weighted by Gasteiger charge is -2.11. The topological polar surface area (TPSA) is 63.6 Å². The highest BCUT2D eigenvalue weighted by atomic mass is 32.2. The lowest BCUT2D eigenvalue weighted by molar-refractivity contribution is 0.449. The van der Waals surface area contributed by atoms with Gasteiger partial charge in [-0.2, -0.15) is 8.42 Å². The van der Waals surface area contributed by atoms with E-state index in [1.54, 1.807) is 30.3 Å². The molecule has 0 saturated heterocycles. The molecule has 148 valence electrons. The Balaban J connectivity index is 1.93. The molecular weight excluding hydrogens is 360 g/mol. The summed E-state index contributed by atoms with van der Waals surface area (Å²) in [5.41, 5.74) is 0.897. The second kappa shape index (κ2) is 11.1. The van der Waals surface area contributed by atoms with E-state index in [0.29, 0.717) is 5.75 Å². The molecule has 0 unspecified atom stereocenters. The average molecular weight is 391 g/mol. The van der Waals surface area contributed by atoms with Gasteiger partial charge in [0.15, 0.2) is 0 Å². The molecular formula is C22H30O4S. The molecule has 0 aliphatic carbocycles. The molecule has 2 aromatic rings. The standard InChI is InChI=1S/C22H30O4S/c1-2-3-4-5-6-7-8-10-13-19-16-17-21(22(18-19)27(23,24)25)26-20-14-11-9-12-15-20/h9,11-12,14-18H,2-8,10,13H2,1H3,(H,23,24,25). The number of benzene rings is 2. The molecule has 0 amide bonds. The zero-order valence-electron chi connectivity index (χ0n) is 16.1. The number of unbranched alkanes of at least 4 members (excludes halogenated alkanes) is 7. The Bertz CT molecular complexity index is 785. The van der Waals surface area contributed by atoms with Crippen LogP contribution in [0.15, 0.2) is 53.4 Å². The van der Waals surface area contributed by atoms with Crippen LogP contribution in [0.3, 0.4) is 0 Å². The van der Waals surface area contributed by atoms with Gasteiger partial charge in [-0.3, -0.25) is 4.55 Å². The molecule has 5 heteroatoms. The first-order valence-corrected chi connectivity index (χ1v) is 11.3. The summed E-state index contributed by atoms with van der Waals surface area (Å²) in [5, 5.41) is 0. The van der Waals surface area contributed by atoms with Crippen molar-refractivity contribution in [2.24, 2.45) is 0 Å². The highest BCUT2D eigenvalue weighted by Gasteiger charge is 2.18. The van der Waals surface area contributed by atoms with Crippen LogP contribution in [0, 0.1) is 0 Å². The number of hydrogen-bond acceptors (Lipinski definition) is 3.